The highest BCUT2D eigenvalue weighted by molar-refractivity contribution is 7.89. The minimum absolute atomic E-state index is 0.00186. The normalized spacial score (nSPS) is 20.3. The van der Waals surface area contributed by atoms with E-state index in [4.69, 9.17) is 9.72 Å². The molecule has 1 fully saturated rings. The van der Waals surface area contributed by atoms with Gasteiger partial charge in [0.2, 0.25) is 10.0 Å². The first-order valence-electron chi connectivity index (χ1n) is 10.4. The molecule has 1 aromatic rings. The Hall–Kier alpha value is -1.23. The Labute approximate surface area is 178 Å². The number of guanidine groups is 1. The summed E-state index contributed by atoms with van der Waals surface area (Å²) < 4.78 is 32.7. The van der Waals surface area contributed by atoms with E-state index in [9.17, 15) is 8.42 Å². The molecule has 0 saturated carbocycles. The van der Waals surface area contributed by atoms with E-state index in [-0.39, 0.29) is 11.9 Å². The van der Waals surface area contributed by atoms with Crippen molar-refractivity contribution in [3.05, 3.63) is 15.6 Å². The van der Waals surface area contributed by atoms with Gasteiger partial charge >= 0.3 is 0 Å². The number of hydrogen-bond donors (Lipinski definition) is 2. The maximum absolute atomic E-state index is 12.2. The number of sulfonamides is 1. The highest BCUT2D eigenvalue weighted by atomic mass is 32.2. The highest BCUT2D eigenvalue weighted by Crippen LogP contribution is 2.27. The van der Waals surface area contributed by atoms with Gasteiger partial charge in [-0.2, -0.15) is 0 Å². The molecule has 1 saturated heterocycles. The highest BCUT2D eigenvalue weighted by Gasteiger charge is 2.19. The average molecular weight is 444 g/mol. The Kier molecular flexibility index (Phi) is 8.28. The molecule has 8 nitrogen and oxygen atoms in total. The number of thiazole rings is 1. The number of hydrogen-bond acceptors (Lipinski definition) is 6. The summed E-state index contributed by atoms with van der Waals surface area (Å²) in [7, 11) is 0.307. The number of aliphatic imine (C=N–C) groups is 1. The van der Waals surface area contributed by atoms with Crippen LogP contribution >= 0.6 is 11.3 Å². The number of rotatable bonds is 8. The summed E-state index contributed by atoms with van der Waals surface area (Å²) in [5.74, 6) is 0.669. The van der Waals surface area contributed by atoms with Gasteiger partial charge in [0.1, 0.15) is 5.01 Å². The number of fused-ring (bicyclic) bond motifs is 1. The molecule has 1 atom stereocenters. The molecule has 0 amide bonds. The van der Waals surface area contributed by atoms with Crippen LogP contribution in [-0.2, 0) is 34.1 Å². The molecule has 1 aliphatic heterocycles. The first-order valence-corrected chi connectivity index (χ1v) is 12.9. The van der Waals surface area contributed by atoms with Gasteiger partial charge in [-0.05, 0) is 44.9 Å². The number of aryl methyl sites for hydroxylation is 2. The fourth-order valence-electron chi connectivity index (χ4n) is 3.69. The molecule has 2 heterocycles. The number of nitrogens with one attached hydrogen (secondary N) is 2. The third kappa shape index (κ3) is 6.91. The van der Waals surface area contributed by atoms with Crippen LogP contribution in [0, 0.1) is 0 Å². The molecule has 0 bridgehead atoms. The second kappa shape index (κ2) is 10.7. The van der Waals surface area contributed by atoms with Gasteiger partial charge in [-0.15, -0.1) is 11.3 Å². The summed E-state index contributed by atoms with van der Waals surface area (Å²) in [6, 6.07) is 0. The van der Waals surface area contributed by atoms with Crippen LogP contribution in [0.25, 0.3) is 0 Å². The lowest BCUT2D eigenvalue weighted by molar-refractivity contribution is 0.0200. The Bertz CT molecular complexity index is 764. The van der Waals surface area contributed by atoms with E-state index in [1.54, 1.807) is 18.4 Å². The van der Waals surface area contributed by atoms with Gasteiger partial charge in [-0.25, -0.2) is 18.1 Å². The van der Waals surface area contributed by atoms with Crippen LogP contribution in [0.3, 0.4) is 0 Å². The molecule has 10 heteroatoms. The second-order valence-electron chi connectivity index (χ2n) is 7.67. The van der Waals surface area contributed by atoms with Gasteiger partial charge < -0.3 is 15.0 Å². The molecular formula is C19H33N5O3S2. The van der Waals surface area contributed by atoms with Crippen LogP contribution in [0.5, 0.6) is 0 Å². The summed E-state index contributed by atoms with van der Waals surface area (Å²) in [6.45, 7) is 2.04. The van der Waals surface area contributed by atoms with Crippen molar-refractivity contribution in [3.63, 3.8) is 0 Å². The van der Waals surface area contributed by atoms with Crippen molar-refractivity contribution in [2.75, 3.05) is 39.5 Å². The fourth-order valence-corrected chi connectivity index (χ4v) is 5.86. The lowest BCUT2D eigenvalue weighted by atomic mass is 10.0. The third-order valence-electron chi connectivity index (χ3n) is 5.29. The van der Waals surface area contributed by atoms with Crippen LogP contribution in [0.4, 0.5) is 0 Å². The number of aromatic nitrogens is 1. The molecule has 29 heavy (non-hydrogen) atoms. The van der Waals surface area contributed by atoms with Crippen molar-refractivity contribution in [1.29, 1.82) is 0 Å². The van der Waals surface area contributed by atoms with Gasteiger partial charge in [-0.1, -0.05) is 0 Å². The molecule has 3 rings (SSSR count). The SMILES string of the molecule is CN=C(NCCS(=O)(=O)NCC1CCCCO1)N(C)Cc1nc2c(s1)CCCC2. The lowest BCUT2D eigenvalue weighted by Crippen LogP contribution is -2.43. The predicted octanol–water partition coefficient (Wildman–Crippen LogP) is 1.52. The minimum Gasteiger partial charge on any atom is -0.377 e. The zero-order chi connectivity index (χ0) is 20.7. The van der Waals surface area contributed by atoms with Crippen molar-refractivity contribution in [2.45, 2.75) is 57.6 Å². The van der Waals surface area contributed by atoms with Crippen LogP contribution in [0.15, 0.2) is 4.99 Å². The zero-order valence-corrected chi connectivity index (χ0v) is 19.1. The first-order chi connectivity index (χ1) is 14.0. The molecular weight excluding hydrogens is 410 g/mol. The fraction of sp³-hybridized carbons (Fsp3) is 0.789. The summed E-state index contributed by atoms with van der Waals surface area (Å²) in [6.07, 6.45) is 7.77. The third-order valence-corrected chi connectivity index (χ3v) is 7.78. The Balaban J connectivity index is 1.42. The van der Waals surface area contributed by atoms with Crippen molar-refractivity contribution < 1.29 is 13.2 Å². The molecule has 1 unspecified atom stereocenters. The van der Waals surface area contributed by atoms with E-state index in [0.29, 0.717) is 25.6 Å². The van der Waals surface area contributed by atoms with Crippen molar-refractivity contribution in [2.24, 2.45) is 4.99 Å². The zero-order valence-electron chi connectivity index (χ0n) is 17.4. The standard InChI is InChI=1S/C19H33N5O3S2/c1-20-19(24(2)14-18-23-16-8-3-4-9-17(16)28-18)21-10-12-29(25,26)22-13-15-7-5-6-11-27-15/h15,22H,3-14H2,1-2H3,(H,20,21). The number of nitrogens with zero attached hydrogens (tertiary/aromatic N) is 3. The van der Waals surface area contributed by atoms with Crippen LogP contribution in [-0.4, -0.2) is 69.9 Å². The molecule has 2 aliphatic rings. The van der Waals surface area contributed by atoms with E-state index < -0.39 is 10.0 Å². The second-order valence-corrected chi connectivity index (χ2v) is 10.8. The van der Waals surface area contributed by atoms with Gasteiger partial charge in [0, 0.05) is 38.7 Å². The molecule has 0 spiro atoms. The summed E-state index contributed by atoms with van der Waals surface area (Å²) in [5.41, 5.74) is 1.26. The molecule has 2 N–H and O–H groups in total. The van der Waals surface area contributed by atoms with Gasteiger partial charge in [-0.3, -0.25) is 4.99 Å². The van der Waals surface area contributed by atoms with Gasteiger partial charge in [0.05, 0.1) is 24.1 Å². The minimum atomic E-state index is -3.35. The Morgan fingerprint density at radius 3 is 2.86 bits per heavy atom. The van der Waals surface area contributed by atoms with Crippen molar-refractivity contribution in [3.8, 4) is 0 Å². The van der Waals surface area contributed by atoms with Gasteiger partial charge in [0.25, 0.3) is 0 Å². The molecule has 0 radical (unpaired) electrons. The van der Waals surface area contributed by atoms with E-state index in [0.717, 1.165) is 43.7 Å². The summed E-state index contributed by atoms with van der Waals surface area (Å²) >= 11 is 1.79. The average Bonchev–Trinajstić information content (AvgIpc) is 3.12. The maximum atomic E-state index is 12.2. The molecule has 164 valence electrons. The van der Waals surface area contributed by atoms with E-state index in [1.165, 1.54) is 23.4 Å². The summed E-state index contributed by atoms with van der Waals surface area (Å²) in [4.78, 5) is 12.5. The molecule has 1 aromatic heterocycles. The Morgan fingerprint density at radius 2 is 2.14 bits per heavy atom. The molecule has 0 aromatic carbocycles. The topological polar surface area (TPSA) is 95.9 Å². The van der Waals surface area contributed by atoms with Crippen molar-refractivity contribution in [1.82, 2.24) is 19.9 Å². The van der Waals surface area contributed by atoms with Crippen LogP contribution < -0.4 is 10.0 Å². The summed E-state index contributed by atoms with van der Waals surface area (Å²) in [5, 5.41) is 4.23. The number of ether oxygens (including phenoxy) is 1. The van der Waals surface area contributed by atoms with E-state index in [1.807, 2.05) is 11.9 Å². The maximum Gasteiger partial charge on any atom is 0.213 e. The first kappa shape index (κ1) is 22.5. The smallest absolute Gasteiger partial charge is 0.213 e. The predicted molar refractivity (Wildman–Crippen MR) is 117 cm³/mol. The lowest BCUT2D eigenvalue weighted by Gasteiger charge is -2.23. The van der Waals surface area contributed by atoms with Crippen LogP contribution in [0.1, 0.15) is 47.7 Å². The Morgan fingerprint density at radius 1 is 1.31 bits per heavy atom. The van der Waals surface area contributed by atoms with Gasteiger partial charge in [0.15, 0.2) is 5.96 Å². The quantitative estimate of drug-likeness (QED) is 0.467. The molecule has 1 aliphatic carbocycles. The van der Waals surface area contributed by atoms with E-state index in [2.05, 4.69) is 15.0 Å². The largest absolute Gasteiger partial charge is 0.377 e. The van der Waals surface area contributed by atoms with Crippen molar-refractivity contribution >= 4 is 27.3 Å². The van der Waals surface area contributed by atoms with E-state index >= 15 is 0 Å². The van der Waals surface area contributed by atoms with Crippen LogP contribution in [0.2, 0.25) is 0 Å². The monoisotopic (exact) mass is 443 g/mol.